The second-order valence-electron chi connectivity index (χ2n) is 9.48. The van der Waals surface area contributed by atoms with E-state index in [4.69, 9.17) is 21.4 Å². The molecule has 8 heteroatoms. The van der Waals surface area contributed by atoms with Crippen molar-refractivity contribution in [1.29, 1.82) is 5.26 Å². The molecule has 2 N–H and O–H groups in total. The first-order valence-electron chi connectivity index (χ1n) is 13.0. The minimum Gasteiger partial charge on any atom is -0.484 e. The highest BCUT2D eigenvalue weighted by molar-refractivity contribution is 6.30. The average Bonchev–Trinajstić information content (AvgIpc) is 2.95. The number of allylic oxidation sites excluding steroid dienone is 1. The van der Waals surface area contributed by atoms with E-state index in [2.05, 4.69) is 23.3 Å². The molecule has 1 amide bonds. The quantitative estimate of drug-likeness (QED) is 0.291. The van der Waals surface area contributed by atoms with E-state index in [-0.39, 0.29) is 36.8 Å². The van der Waals surface area contributed by atoms with Gasteiger partial charge in [-0.25, -0.2) is 0 Å². The second-order valence-corrected chi connectivity index (χ2v) is 9.91. The van der Waals surface area contributed by atoms with Crippen LogP contribution in [-0.2, 0) is 11.2 Å². The second kappa shape index (κ2) is 13.1. The highest BCUT2D eigenvalue weighted by Gasteiger charge is 2.28. The largest absolute Gasteiger partial charge is 0.484 e. The van der Waals surface area contributed by atoms with Crippen LogP contribution in [0.2, 0.25) is 5.02 Å². The fraction of sp³-hybridized carbons (Fsp3) is 0.290. The molecule has 2 aromatic carbocycles. The number of pyridine rings is 1. The molecule has 3 atom stereocenters. The van der Waals surface area contributed by atoms with Gasteiger partial charge in [0.05, 0.1) is 24.1 Å². The molecule has 1 unspecified atom stereocenters. The molecule has 7 nitrogen and oxygen atoms in total. The number of benzene rings is 2. The number of carboxylic acid groups (broad SMARTS) is 1. The molecule has 0 bridgehead atoms. The summed E-state index contributed by atoms with van der Waals surface area (Å²) in [5.41, 5.74) is 4.16. The van der Waals surface area contributed by atoms with E-state index in [1.807, 2.05) is 54.6 Å². The lowest BCUT2D eigenvalue weighted by atomic mass is 9.85. The van der Waals surface area contributed by atoms with E-state index >= 15 is 0 Å². The van der Waals surface area contributed by atoms with Gasteiger partial charge in [0.15, 0.2) is 0 Å². The Kier molecular flexibility index (Phi) is 9.35. The number of halogens is 1. The van der Waals surface area contributed by atoms with Crippen molar-refractivity contribution in [3.8, 4) is 11.8 Å². The van der Waals surface area contributed by atoms with Crippen LogP contribution in [0.25, 0.3) is 6.08 Å². The minimum atomic E-state index is -0.961. The fourth-order valence-electron chi connectivity index (χ4n) is 4.76. The van der Waals surface area contributed by atoms with Gasteiger partial charge in [0, 0.05) is 41.2 Å². The van der Waals surface area contributed by atoms with Gasteiger partial charge in [-0.05, 0) is 47.9 Å². The molecule has 200 valence electrons. The van der Waals surface area contributed by atoms with Crippen LogP contribution < -0.4 is 10.1 Å². The SMILES string of the molecule is CCC[C@H](c1ccc(C(=O)NCCC(=O)O)cc1)[C@@H](Oc1ccnc2c1C=CC(C#N)C2)c1ccc(Cl)cc1. The van der Waals surface area contributed by atoms with Crippen LogP contribution in [0.5, 0.6) is 5.75 Å². The number of carbonyl (C=O) groups is 2. The van der Waals surface area contributed by atoms with Crippen LogP contribution in [0.3, 0.4) is 0 Å². The number of nitrogens with zero attached hydrogens (tertiary/aromatic N) is 2. The molecular weight excluding hydrogens is 514 g/mol. The number of fused-ring (bicyclic) bond motifs is 1. The predicted molar refractivity (Wildman–Crippen MR) is 150 cm³/mol. The number of carbonyl (C=O) groups excluding carboxylic acids is 1. The Morgan fingerprint density at radius 1 is 1.15 bits per heavy atom. The lowest BCUT2D eigenvalue weighted by Crippen LogP contribution is -2.26. The summed E-state index contributed by atoms with van der Waals surface area (Å²) in [7, 11) is 0. The number of nitrogens with one attached hydrogen (secondary N) is 1. The first-order chi connectivity index (χ1) is 18.9. The molecule has 0 saturated carbocycles. The number of rotatable bonds is 11. The van der Waals surface area contributed by atoms with E-state index in [9.17, 15) is 14.9 Å². The Morgan fingerprint density at radius 3 is 2.54 bits per heavy atom. The maximum absolute atomic E-state index is 12.5. The molecule has 0 radical (unpaired) electrons. The minimum absolute atomic E-state index is 0.0384. The lowest BCUT2D eigenvalue weighted by Gasteiger charge is -2.30. The van der Waals surface area contributed by atoms with Crippen LogP contribution in [0.4, 0.5) is 0 Å². The number of hydrogen-bond acceptors (Lipinski definition) is 5. The summed E-state index contributed by atoms with van der Waals surface area (Å²) in [4.78, 5) is 27.7. The van der Waals surface area contributed by atoms with Crippen molar-refractivity contribution in [2.45, 2.75) is 44.6 Å². The number of nitriles is 1. The zero-order valence-corrected chi connectivity index (χ0v) is 22.4. The Bertz CT molecular complexity index is 1380. The molecule has 0 spiro atoms. The van der Waals surface area contributed by atoms with Crippen molar-refractivity contribution in [2.24, 2.45) is 5.92 Å². The van der Waals surface area contributed by atoms with Gasteiger partial charge in [0.1, 0.15) is 11.9 Å². The van der Waals surface area contributed by atoms with Crippen molar-refractivity contribution < 1.29 is 19.4 Å². The normalized spacial score (nSPS) is 15.5. The molecule has 4 rings (SSSR count). The third-order valence-corrected chi connectivity index (χ3v) is 7.00. The molecule has 3 aromatic rings. The molecule has 39 heavy (non-hydrogen) atoms. The van der Waals surface area contributed by atoms with Gasteiger partial charge in [0.2, 0.25) is 0 Å². The smallest absolute Gasteiger partial charge is 0.305 e. The zero-order valence-electron chi connectivity index (χ0n) is 21.6. The Labute approximate surface area is 233 Å². The van der Waals surface area contributed by atoms with Gasteiger partial charge in [-0.2, -0.15) is 5.26 Å². The molecule has 1 aromatic heterocycles. The summed E-state index contributed by atoms with van der Waals surface area (Å²) >= 11 is 6.20. The molecule has 0 saturated heterocycles. The van der Waals surface area contributed by atoms with E-state index in [0.717, 1.165) is 35.2 Å². The van der Waals surface area contributed by atoms with Crippen LogP contribution in [0, 0.1) is 17.2 Å². The lowest BCUT2D eigenvalue weighted by molar-refractivity contribution is -0.136. The van der Waals surface area contributed by atoms with Gasteiger partial charge >= 0.3 is 5.97 Å². The zero-order chi connectivity index (χ0) is 27.8. The molecular formula is C31H30ClN3O4. The number of aliphatic carboxylic acids is 1. The number of hydrogen-bond donors (Lipinski definition) is 2. The third-order valence-electron chi connectivity index (χ3n) is 6.75. The number of ether oxygens (including phenoxy) is 1. The van der Waals surface area contributed by atoms with Crippen molar-refractivity contribution in [3.05, 3.63) is 99.8 Å². The highest BCUT2D eigenvalue weighted by atomic mass is 35.5. The summed E-state index contributed by atoms with van der Waals surface area (Å²) < 4.78 is 6.78. The number of carboxylic acids is 1. The number of amides is 1. The average molecular weight is 544 g/mol. The molecule has 1 aliphatic carbocycles. The summed E-state index contributed by atoms with van der Waals surface area (Å²) in [6.07, 6.45) is 7.31. The molecule has 1 heterocycles. The number of aromatic nitrogens is 1. The summed E-state index contributed by atoms with van der Waals surface area (Å²) in [6.45, 7) is 2.19. The standard InChI is InChI=1S/C31H30ClN3O4/c1-2-3-25(21-5-7-23(8-6-21)31(38)35-17-15-29(36)37)30(22-9-11-24(32)12-10-22)39-28-14-16-34-27-18-20(19-33)4-13-26(27)28/h4-14,16,20,25,30H,2-3,15,17-18H2,1H3,(H,35,38)(H,36,37)/t20?,25-,30+/m1/s1. The van der Waals surface area contributed by atoms with Crippen molar-refractivity contribution >= 4 is 29.6 Å². The summed E-state index contributed by atoms with van der Waals surface area (Å²) in [6, 6.07) is 19.1. The van der Waals surface area contributed by atoms with E-state index < -0.39 is 5.97 Å². The predicted octanol–water partition coefficient (Wildman–Crippen LogP) is 6.35. The molecule has 1 aliphatic rings. The molecule has 0 aliphatic heterocycles. The van der Waals surface area contributed by atoms with Gasteiger partial charge in [-0.15, -0.1) is 0 Å². The van der Waals surface area contributed by atoms with E-state index in [1.54, 1.807) is 18.3 Å². The highest BCUT2D eigenvalue weighted by Crippen LogP contribution is 2.41. The van der Waals surface area contributed by atoms with E-state index in [0.29, 0.717) is 22.8 Å². The van der Waals surface area contributed by atoms with E-state index in [1.165, 1.54) is 0 Å². The summed E-state index contributed by atoms with van der Waals surface area (Å²) in [5, 5.41) is 21.4. The first kappa shape index (κ1) is 27.9. The first-order valence-corrected chi connectivity index (χ1v) is 13.3. The van der Waals surface area contributed by atoms with Gasteiger partial charge < -0.3 is 15.2 Å². The van der Waals surface area contributed by atoms with Gasteiger partial charge in [0.25, 0.3) is 5.91 Å². The summed E-state index contributed by atoms with van der Waals surface area (Å²) in [5.74, 6) is -0.824. The third kappa shape index (κ3) is 7.04. The van der Waals surface area contributed by atoms with Crippen LogP contribution in [0.15, 0.2) is 66.9 Å². The van der Waals surface area contributed by atoms with Gasteiger partial charge in [-0.3, -0.25) is 14.6 Å². The maximum Gasteiger partial charge on any atom is 0.305 e. The molecule has 0 fully saturated rings. The maximum atomic E-state index is 12.5. The van der Waals surface area contributed by atoms with Crippen LogP contribution in [-0.4, -0.2) is 28.5 Å². The van der Waals surface area contributed by atoms with Crippen molar-refractivity contribution in [1.82, 2.24) is 10.3 Å². The monoisotopic (exact) mass is 543 g/mol. The van der Waals surface area contributed by atoms with Crippen molar-refractivity contribution in [2.75, 3.05) is 6.54 Å². The Balaban J connectivity index is 1.66. The van der Waals surface area contributed by atoms with Crippen LogP contribution >= 0.6 is 11.6 Å². The Morgan fingerprint density at radius 2 is 1.87 bits per heavy atom. The van der Waals surface area contributed by atoms with Crippen molar-refractivity contribution in [3.63, 3.8) is 0 Å². The van der Waals surface area contributed by atoms with Gasteiger partial charge in [-0.1, -0.05) is 61.4 Å². The van der Waals surface area contributed by atoms with Crippen LogP contribution in [0.1, 0.15) is 71.0 Å². The Hall–Kier alpha value is -4.15. The topological polar surface area (TPSA) is 112 Å². The fourth-order valence-corrected chi connectivity index (χ4v) is 4.89.